The number of nitrogens with one attached hydrogen (secondary N) is 1. The smallest absolute Gasteiger partial charge is 0.235 e. The highest BCUT2D eigenvalue weighted by molar-refractivity contribution is 6.27. The summed E-state index contributed by atoms with van der Waals surface area (Å²) in [5, 5.41) is 3.01. The monoisotopic (exact) mass is 266 g/mol. The van der Waals surface area contributed by atoms with Gasteiger partial charge in [-0.3, -0.25) is 4.79 Å². The van der Waals surface area contributed by atoms with Crippen molar-refractivity contribution in [3.63, 3.8) is 0 Å². The lowest BCUT2D eigenvalue weighted by Crippen LogP contribution is -2.41. The standard InChI is InChI=1S/C11H19ClN2O.ClH/c1-14-6-8-2-3-10(4-9(8)7-14)13-11(15)5-12;/h8-10H,2-7H2,1H3,(H,13,15);1H. The summed E-state index contributed by atoms with van der Waals surface area (Å²) in [5.41, 5.74) is 0. The van der Waals surface area contributed by atoms with E-state index in [9.17, 15) is 4.79 Å². The van der Waals surface area contributed by atoms with Crippen LogP contribution in [0.4, 0.5) is 0 Å². The van der Waals surface area contributed by atoms with Gasteiger partial charge in [0, 0.05) is 19.1 Å². The van der Waals surface area contributed by atoms with Crippen LogP contribution >= 0.6 is 24.0 Å². The number of hydrogen-bond donors (Lipinski definition) is 1. The summed E-state index contributed by atoms with van der Waals surface area (Å²) < 4.78 is 0. The Balaban J connectivity index is 0.00000128. The van der Waals surface area contributed by atoms with E-state index in [2.05, 4.69) is 17.3 Å². The molecule has 1 saturated heterocycles. The molecule has 16 heavy (non-hydrogen) atoms. The zero-order valence-electron chi connectivity index (χ0n) is 9.62. The van der Waals surface area contributed by atoms with E-state index >= 15 is 0 Å². The van der Waals surface area contributed by atoms with E-state index < -0.39 is 0 Å². The fraction of sp³-hybridized carbons (Fsp3) is 0.909. The first-order chi connectivity index (χ1) is 7.19. The van der Waals surface area contributed by atoms with E-state index in [1.54, 1.807) is 0 Å². The molecule has 0 aromatic heterocycles. The first-order valence-corrected chi connectivity index (χ1v) is 6.26. The Hall–Kier alpha value is 0.01000. The molecule has 3 atom stereocenters. The molecule has 0 spiro atoms. The van der Waals surface area contributed by atoms with Gasteiger partial charge in [0.1, 0.15) is 5.88 Å². The number of nitrogens with zero attached hydrogens (tertiary/aromatic N) is 1. The minimum Gasteiger partial charge on any atom is -0.352 e. The van der Waals surface area contributed by atoms with Gasteiger partial charge >= 0.3 is 0 Å². The van der Waals surface area contributed by atoms with Crippen molar-refractivity contribution in [1.29, 1.82) is 0 Å². The number of halogens is 2. The van der Waals surface area contributed by atoms with Crippen molar-refractivity contribution < 1.29 is 4.79 Å². The molecule has 1 saturated carbocycles. The largest absolute Gasteiger partial charge is 0.352 e. The van der Waals surface area contributed by atoms with Gasteiger partial charge in [-0.15, -0.1) is 24.0 Å². The molecule has 1 amide bonds. The van der Waals surface area contributed by atoms with E-state index in [1.807, 2.05) is 0 Å². The predicted octanol–water partition coefficient (Wildman–Crippen LogP) is 1.49. The molecule has 1 N–H and O–H groups in total. The molecular weight excluding hydrogens is 247 g/mol. The zero-order chi connectivity index (χ0) is 10.8. The van der Waals surface area contributed by atoms with Crippen molar-refractivity contribution in [2.24, 2.45) is 11.8 Å². The lowest BCUT2D eigenvalue weighted by Gasteiger charge is -2.31. The number of rotatable bonds is 2. The molecular formula is C11H20Cl2N2O. The van der Waals surface area contributed by atoms with Gasteiger partial charge in [-0.05, 0) is 38.1 Å². The molecule has 1 aliphatic carbocycles. The number of fused-ring (bicyclic) bond motifs is 1. The molecule has 3 unspecified atom stereocenters. The minimum atomic E-state index is -0.0218. The summed E-state index contributed by atoms with van der Waals surface area (Å²) in [6.07, 6.45) is 3.51. The summed E-state index contributed by atoms with van der Waals surface area (Å²) in [4.78, 5) is 13.6. The maximum atomic E-state index is 11.2. The summed E-state index contributed by atoms with van der Waals surface area (Å²) in [7, 11) is 2.19. The minimum absolute atomic E-state index is 0. The van der Waals surface area contributed by atoms with Crippen LogP contribution in [0.3, 0.4) is 0 Å². The van der Waals surface area contributed by atoms with E-state index in [-0.39, 0.29) is 24.2 Å². The van der Waals surface area contributed by atoms with Crippen LogP contribution in [-0.4, -0.2) is 42.9 Å². The molecule has 1 heterocycles. The zero-order valence-corrected chi connectivity index (χ0v) is 11.2. The van der Waals surface area contributed by atoms with Crippen molar-refractivity contribution in [3.8, 4) is 0 Å². The molecule has 94 valence electrons. The molecule has 3 nitrogen and oxygen atoms in total. The van der Waals surface area contributed by atoms with Gasteiger partial charge in [0.15, 0.2) is 0 Å². The molecule has 0 radical (unpaired) electrons. The van der Waals surface area contributed by atoms with Crippen molar-refractivity contribution in [3.05, 3.63) is 0 Å². The molecule has 0 aromatic carbocycles. The second-order valence-corrected chi connectivity index (χ2v) is 5.22. The maximum absolute atomic E-state index is 11.2. The van der Waals surface area contributed by atoms with Crippen LogP contribution in [0.15, 0.2) is 0 Å². The van der Waals surface area contributed by atoms with Gasteiger partial charge in [0.2, 0.25) is 5.91 Å². The first-order valence-electron chi connectivity index (χ1n) is 5.73. The van der Waals surface area contributed by atoms with Gasteiger partial charge in [-0.1, -0.05) is 0 Å². The second-order valence-electron chi connectivity index (χ2n) is 4.95. The van der Waals surface area contributed by atoms with Crippen molar-refractivity contribution >= 4 is 29.9 Å². The van der Waals surface area contributed by atoms with E-state index in [1.165, 1.54) is 19.5 Å². The predicted molar refractivity (Wildman–Crippen MR) is 68.2 cm³/mol. The Morgan fingerprint density at radius 1 is 1.38 bits per heavy atom. The van der Waals surface area contributed by atoms with Gasteiger partial charge in [0.25, 0.3) is 0 Å². The number of hydrogen-bond acceptors (Lipinski definition) is 2. The lowest BCUT2D eigenvalue weighted by atomic mass is 9.79. The van der Waals surface area contributed by atoms with Gasteiger partial charge in [-0.25, -0.2) is 0 Å². The highest BCUT2D eigenvalue weighted by Gasteiger charge is 2.36. The second kappa shape index (κ2) is 6.08. The number of carbonyl (C=O) groups excluding carboxylic acids is 1. The van der Waals surface area contributed by atoms with Gasteiger partial charge in [-0.2, -0.15) is 0 Å². The van der Waals surface area contributed by atoms with E-state index in [0.29, 0.717) is 6.04 Å². The third kappa shape index (κ3) is 3.25. The fourth-order valence-electron chi connectivity index (χ4n) is 3.06. The Labute approximate surface area is 108 Å². The molecule has 1 aliphatic heterocycles. The summed E-state index contributed by atoms with van der Waals surface area (Å²) in [5.74, 6) is 1.71. The summed E-state index contributed by atoms with van der Waals surface area (Å²) in [6, 6.07) is 0.365. The van der Waals surface area contributed by atoms with Crippen LogP contribution in [-0.2, 0) is 4.79 Å². The third-order valence-corrected chi connectivity index (χ3v) is 3.96. The van der Waals surface area contributed by atoms with Crippen molar-refractivity contribution in [1.82, 2.24) is 10.2 Å². The number of amides is 1. The van der Waals surface area contributed by atoms with E-state index in [4.69, 9.17) is 11.6 Å². The molecule has 2 aliphatic rings. The molecule has 0 aromatic rings. The molecule has 2 fully saturated rings. The van der Waals surface area contributed by atoms with Crippen molar-refractivity contribution in [2.75, 3.05) is 26.0 Å². The topological polar surface area (TPSA) is 32.3 Å². The lowest BCUT2D eigenvalue weighted by molar-refractivity contribution is -0.119. The van der Waals surface area contributed by atoms with Crippen LogP contribution in [0.1, 0.15) is 19.3 Å². The number of likely N-dealkylation sites (tertiary alicyclic amines) is 1. The SMILES string of the molecule is CN1CC2CCC(NC(=O)CCl)CC2C1.Cl. The Bertz CT molecular complexity index is 250. The Morgan fingerprint density at radius 3 is 2.75 bits per heavy atom. The van der Waals surface area contributed by atoms with Crippen LogP contribution in [0.5, 0.6) is 0 Å². The van der Waals surface area contributed by atoms with E-state index in [0.717, 1.165) is 24.7 Å². The van der Waals surface area contributed by atoms with Crippen LogP contribution in [0.2, 0.25) is 0 Å². The van der Waals surface area contributed by atoms with Crippen LogP contribution in [0.25, 0.3) is 0 Å². The third-order valence-electron chi connectivity index (χ3n) is 3.72. The normalized spacial score (nSPS) is 34.0. The van der Waals surface area contributed by atoms with Crippen LogP contribution in [0, 0.1) is 11.8 Å². The Kier molecular flexibility index (Phi) is 5.35. The number of alkyl halides is 1. The maximum Gasteiger partial charge on any atom is 0.235 e. The van der Waals surface area contributed by atoms with Crippen LogP contribution < -0.4 is 5.32 Å². The molecule has 2 rings (SSSR count). The number of carbonyl (C=O) groups is 1. The van der Waals surface area contributed by atoms with Gasteiger partial charge in [0.05, 0.1) is 0 Å². The van der Waals surface area contributed by atoms with Crippen molar-refractivity contribution in [2.45, 2.75) is 25.3 Å². The fourth-order valence-corrected chi connectivity index (χ4v) is 3.14. The first kappa shape index (κ1) is 14.1. The average molecular weight is 267 g/mol. The highest BCUT2D eigenvalue weighted by Crippen LogP contribution is 2.35. The summed E-state index contributed by atoms with van der Waals surface area (Å²) in [6.45, 7) is 2.43. The highest BCUT2D eigenvalue weighted by atomic mass is 35.5. The molecule has 0 bridgehead atoms. The molecule has 5 heteroatoms. The Morgan fingerprint density at radius 2 is 2.06 bits per heavy atom. The quantitative estimate of drug-likeness (QED) is 0.769. The van der Waals surface area contributed by atoms with Gasteiger partial charge < -0.3 is 10.2 Å². The average Bonchev–Trinajstić information content (AvgIpc) is 2.57. The summed E-state index contributed by atoms with van der Waals surface area (Å²) >= 11 is 5.49.